The number of anilines is 1. The second-order valence-electron chi connectivity index (χ2n) is 5.41. The molecule has 3 N–H and O–H groups in total. The summed E-state index contributed by atoms with van der Waals surface area (Å²) in [6, 6.07) is 14.0. The molecule has 1 heterocycles. The lowest BCUT2D eigenvalue weighted by Gasteiger charge is -2.21. The van der Waals surface area contributed by atoms with Gasteiger partial charge in [0.05, 0.1) is 11.9 Å². The Bertz CT molecular complexity index is 580. The van der Waals surface area contributed by atoms with E-state index in [1.165, 1.54) is 5.56 Å². The molecule has 5 nitrogen and oxygen atoms in total. The van der Waals surface area contributed by atoms with E-state index in [-0.39, 0.29) is 18.3 Å². The lowest BCUT2D eigenvalue weighted by Crippen LogP contribution is -2.34. The average molecular weight is 349 g/mol. The summed E-state index contributed by atoms with van der Waals surface area (Å²) in [5.74, 6) is -0.000248. The predicted molar refractivity (Wildman–Crippen MR) is 100 cm³/mol. The van der Waals surface area contributed by atoms with Crippen LogP contribution in [0.1, 0.15) is 12.0 Å². The second kappa shape index (κ2) is 11.6. The van der Waals surface area contributed by atoms with Crippen LogP contribution in [0.5, 0.6) is 0 Å². The molecule has 1 amide bonds. The van der Waals surface area contributed by atoms with Crippen LogP contribution in [-0.2, 0) is 11.2 Å². The Morgan fingerprint density at radius 1 is 1.08 bits per heavy atom. The van der Waals surface area contributed by atoms with Crippen molar-refractivity contribution in [2.24, 2.45) is 5.73 Å². The maximum absolute atomic E-state index is 12.0. The number of aromatic nitrogens is 1. The summed E-state index contributed by atoms with van der Waals surface area (Å²) in [5.41, 5.74) is 7.71. The van der Waals surface area contributed by atoms with E-state index in [1.807, 2.05) is 24.3 Å². The number of hydrogen-bond acceptors (Lipinski definition) is 4. The molecule has 1 aromatic carbocycles. The first-order valence-corrected chi connectivity index (χ1v) is 7.94. The van der Waals surface area contributed by atoms with Crippen LogP contribution >= 0.6 is 12.4 Å². The number of pyridine rings is 1. The lowest BCUT2D eigenvalue weighted by atomic mass is 10.1. The van der Waals surface area contributed by atoms with Crippen LogP contribution in [0, 0.1) is 0 Å². The number of carbonyl (C=O) groups is 1. The van der Waals surface area contributed by atoms with Crippen molar-refractivity contribution in [1.82, 2.24) is 9.88 Å². The molecule has 0 saturated heterocycles. The third-order valence-corrected chi connectivity index (χ3v) is 3.61. The number of halogens is 1. The number of rotatable bonds is 9. The summed E-state index contributed by atoms with van der Waals surface area (Å²) >= 11 is 0. The van der Waals surface area contributed by atoms with Crippen LogP contribution in [0.4, 0.5) is 5.69 Å². The topological polar surface area (TPSA) is 71.2 Å². The predicted octanol–water partition coefficient (Wildman–Crippen LogP) is 2.34. The highest BCUT2D eigenvalue weighted by Gasteiger charge is 2.08. The van der Waals surface area contributed by atoms with E-state index in [0.717, 1.165) is 25.2 Å². The minimum Gasteiger partial charge on any atom is -0.329 e. The maximum Gasteiger partial charge on any atom is 0.225 e. The number of carbonyl (C=O) groups excluding carboxylic acids is 1. The lowest BCUT2D eigenvalue weighted by molar-refractivity contribution is -0.116. The highest BCUT2D eigenvalue weighted by molar-refractivity contribution is 5.90. The maximum atomic E-state index is 12.0. The molecule has 0 unspecified atom stereocenters. The quantitative estimate of drug-likeness (QED) is 0.729. The van der Waals surface area contributed by atoms with E-state index in [9.17, 15) is 4.79 Å². The van der Waals surface area contributed by atoms with Crippen molar-refractivity contribution >= 4 is 24.0 Å². The first-order chi connectivity index (χ1) is 11.3. The molecule has 2 aromatic rings. The van der Waals surface area contributed by atoms with Gasteiger partial charge in [0, 0.05) is 38.8 Å². The van der Waals surface area contributed by atoms with Crippen molar-refractivity contribution in [1.29, 1.82) is 0 Å². The summed E-state index contributed by atoms with van der Waals surface area (Å²) < 4.78 is 0. The third kappa shape index (κ3) is 7.55. The Morgan fingerprint density at radius 3 is 2.54 bits per heavy atom. The molecule has 0 atom stereocenters. The Morgan fingerprint density at radius 2 is 1.88 bits per heavy atom. The SMILES string of the molecule is Cl.NCCN(CCC(=O)Nc1cccnc1)CCc1ccccc1. The Balaban J connectivity index is 0.00000288. The van der Waals surface area contributed by atoms with Gasteiger partial charge in [0.2, 0.25) is 5.91 Å². The van der Waals surface area contributed by atoms with Gasteiger partial charge < -0.3 is 16.0 Å². The van der Waals surface area contributed by atoms with Crippen LogP contribution in [0.3, 0.4) is 0 Å². The number of hydrogen-bond donors (Lipinski definition) is 2. The van der Waals surface area contributed by atoms with Gasteiger partial charge in [-0.15, -0.1) is 12.4 Å². The smallest absolute Gasteiger partial charge is 0.225 e. The van der Waals surface area contributed by atoms with E-state index < -0.39 is 0 Å². The molecule has 0 aliphatic carbocycles. The minimum atomic E-state index is -0.000248. The van der Waals surface area contributed by atoms with E-state index in [2.05, 4.69) is 27.3 Å². The normalized spacial score (nSPS) is 10.2. The fraction of sp³-hybridized carbons (Fsp3) is 0.333. The van der Waals surface area contributed by atoms with Gasteiger partial charge in [0.25, 0.3) is 0 Å². The van der Waals surface area contributed by atoms with Gasteiger partial charge in [0.15, 0.2) is 0 Å². The molecular formula is C18H25ClN4O. The Kier molecular flexibility index (Phi) is 9.68. The summed E-state index contributed by atoms with van der Waals surface area (Å²) in [4.78, 5) is 18.2. The van der Waals surface area contributed by atoms with Gasteiger partial charge in [-0.1, -0.05) is 30.3 Å². The van der Waals surface area contributed by atoms with Crippen molar-refractivity contribution in [2.45, 2.75) is 12.8 Å². The second-order valence-corrected chi connectivity index (χ2v) is 5.41. The van der Waals surface area contributed by atoms with Gasteiger partial charge in [-0.2, -0.15) is 0 Å². The van der Waals surface area contributed by atoms with Crippen LogP contribution in [0.2, 0.25) is 0 Å². The fourth-order valence-corrected chi connectivity index (χ4v) is 2.37. The molecule has 0 radical (unpaired) electrons. The minimum absolute atomic E-state index is 0. The van der Waals surface area contributed by atoms with Gasteiger partial charge in [0.1, 0.15) is 0 Å². The number of amides is 1. The zero-order valence-electron chi connectivity index (χ0n) is 13.7. The highest BCUT2D eigenvalue weighted by Crippen LogP contribution is 2.05. The molecule has 0 fully saturated rings. The van der Waals surface area contributed by atoms with Gasteiger partial charge >= 0.3 is 0 Å². The van der Waals surface area contributed by atoms with Crippen molar-refractivity contribution in [2.75, 3.05) is 31.5 Å². The number of nitrogens with one attached hydrogen (secondary N) is 1. The summed E-state index contributed by atoms with van der Waals surface area (Å²) in [7, 11) is 0. The summed E-state index contributed by atoms with van der Waals surface area (Å²) in [6.07, 6.45) is 4.74. The highest BCUT2D eigenvalue weighted by atomic mass is 35.5. The molecule has 6 heteroatoms. The largest absolute Gasteiger partial charge is 0.329 e. The molecule has 0 saturated carbocycles. The Labute approximate surface area is 149 Å². The van der Waals surface area contributed by atoms with Crippen LogP contribution in [0.25, 0.3) is 0 Å². The van der Waals surface area contributed by atoms with Gasteiger partial charge in [-0.25, -0.2) is 0 Å². The molecular weight excluding hydrogens is 324 g/mol. The third-order valence-electron chi connectivity index (χ3n) is 3.61. The van der Waals surface area contributed by atoms with Gasteiger partial charge in [-0.3, -0.25) is 9.78 Å². The van der Waals surface area contributed by atoms with Crippen molar-refractivity contribution in [3.8, 4) is 0 Å². The van der Waals surface area contributed by atoms with E-state index in [0.29, 0.717) is 19.5 Å². The number of nitrogens with zero attached hydrogens (tertiary/aromatic N) is 2. The van der Waals surface area contributed by atoms with Crippen LogP contribution < -0.4 is 11.1 Å². The average Bonchev–Trinajstić information content (AvgIpc) is 2.59. The zero-order valence-corrected chi connectivity index (χ0v) is 14.5. The first-order valence-electron chi connectivity index (χ1n) is 7.94. The van der Waals surface area contributed by atoms with Crippen molar-refractivity contribution < 1.29 is 4.79 Å². The molecule has 130 valence electrons. The number of benzene rings is 1. The summed E-state index contributed by atoms with van der Waals surface area (Å²) in [5, 5.41) is 2.85. The zero-order chi connectivity index (χ0) is 16.3. The van der Waals surface area contributed by atoms with Crippen LogP contribution in [-0.4, -0.2) is 42.0 Å². The van der Waals surface area contributed by atoms with E-state index in [1.54, 1.807) is 18.5 Å². The molecule has 0 aliphatic rings. The number of nitrogens with two attached hydrogens (primary N) is 1. The molecule has 1 aromatic heterocycles. The standard InChI is InChI=1S/C18H24N4O.ClH/c19-10-14-22(12-8-16-5-2-1-3-6-16)13-9-18(23)21-17-7-4-11-20-15-17;/h1-7,11,15H,8-10,12-14,19H2,(H,21,23);1H. The molecule has 2 rings (SSSR count). The molecule has 0 spiro atoms. The molecule has 24 heavy (non-hydrogen) atoms. The first kappa shape index (κ1) is 20.1. The Hall–Kier alpha value is -1.95. The molecule has 0 bridgehead atoms. The summed E-state index contributed by atoms with van der Waals surface area (Å²) in [6.45, 7) is 3.00. The molecule has 0 aliphatic heterocycles. The van der Waals surface area contributed by atoms with Crippen molar-refractivity contribution in [3.05, 3.63) is 60.4 Å². The fourth-order valence-electron chi connectivity index (χ4n) is 2.37. The van der Waals surface area contributed by atoms with E-state index in [4.69, 9.17) is 5.73 Å². The van der Waals surface area contributed by atoms with Crippen molar-refractivity contribution in [3.63, 3.8) is 0 Å². The van der Waals surface area contributed by atoms with Crippen LogP contribution in [0.15, 0.2) is 54.9 Å². The van der Waals surface area contributed by atoms with Gasteiger partial charge in [-0.05, 0) is 24.1 Å². The van der Waals surface area contributed by atoms with E-state index >= 15 is 0 Å². The monoisotopic (exact) mass is 348 g/mol.